The Bertz CT molecular complexity index is 437. The van der Waals surface area contributed by atoms with Crippen molar-refractivity contribution < 1.29 is 0 Å². The molecule has 0 saturated carbocycles. The Labute approximate surface area is 89.5 Å². The topological polar surface area (TPSA) is 52.0 Å². The maximum atomic E-state index is 6.13. The predicted octanol–water partition coefficient (Wildman–Crippen LogP) is 2.32. The van der Waals surface area contributed by atoms with Gasteiger partial charge < -0.3 is 11.5 Å². The summed E-state index contributed by atoms with van der Waals surface area (Å²) < 4.78 is 0. The van der Waals surface area contributed by atoms with Gasteiger partial charge in [-0.2, -0.15) is 0 Å². The van der Waals surface area contributed by atoms with Gasteiger partial charge in [0.2, 0.25) is 0 Å². The number of anilines is 1. The molecule has 15 heavy (non-hydrogen) atoms. The Kier molecular flexibility index (Phi) is 2.70. The molecule has 0 amide bonds. The lowest BCUT2D eigenvalue weighted by molar-refractivity contribution is 0.872. The van der Waals surface area contributed by atoms with Gasteiger partial charge in [-0.3, -0.25) is 0 Å². The Hall–Kier alpha value is -1.80. The zero-order chi connectivity index (χ0) is 10.7. The van der Waals surface area contributed by atoms with Gasteiger partial charge in [-0.1, -0.05) is 42.5 Å². The van der Waals surface area contributed by atoms with Crippen molar-refractivity contribution in [1.29, 1.82) is 0 Å². The van der Waals surface area contributed by atoms with Crippen molar-refractivity contribution in [3.8, 4) is 0 Å². The van der Waals surface area contributed by atoms with Crippen LogP contribution in [0.4, 0.5) is 5.69 Å². The number of nitrogens with two attached hydrogens (primary N) is 2. The van der Waals surface area contributed by atoms with Gasteiger partial charge in [0.15, 0.2) is 0 Å². The van der Waals surface area contributed by atoms with Crippen LogP contribution in [0.25, 0.3) is 0 Å². The number of benzene rings is 2. The molecule has 0 heterocycles. The molecule has 0 aromatic heterocycles. The second-order valence-corrected chi connectivity index (χ2v) is 3.56. The highest BCUT2D eigenvalue weighted by Crippen LogP contribution is 2.20. The maximum absolute atomic E-state index is 6.13. The van der Waals surface area contributed by atoms with Crippen LogP contribution in [-0.4, -0.2) is 0 Å². The van der Waals surface area contributed by atoms with Crippen LogP contribution in [0.3, 0.4) is 0 Å². The minimum absolute atomic E-state index is 0.102. The zero-order valence-corrected chi connectivity index (χ0v) is 8.43. The Morgan fingerprint density at radius 3 is 2.13 bits per heavy atom. The molecule has 2 nitrogen and oxygen atoms in total. The fraction of sp³-hybridized carbons (Fsp3) is 0.0769. The van der Waals surface area contributed by atoms with E-state index in [0.29, 0.717) is 0 Å². The minimum atomic E-state index is -0.102. The first-order valence-electron chi connectivity index (χ1n) is 4.93. The molecule has 2 aromatic rings. The van der Waals surface area contributed by atoms with Gasteiger partial charge in [0.25, 0.3) is 0 Å². The standard InChI is InChI=1S/C13H14N2/c14-12-8-4-7-11(9-12)13(15)10-5-2-1-3-6-10/h1-9,13H,14-15H2/t13-/m0/s1. The lowest BCUT2D eigenvalue weighted by Crippen LogP contribution is -2.11. The summed E-state index contributed by atoms with van der Waals surface area (Å²) in [7, 11) is 0. The summed E-state index contributed by atoms with van der Waals surface area (Å²) in [5, 5.41) is 0. The average molecular weight is 198 g/mol. The van der Waals surface area contributed by atoms with Crippen LogP contribution < -0.4 is 11.5 Å². The summed E-state index contributed by atoms with van der Waals surface area (Å²) in [6, 6.07) is 17.6. The van der Waals surface area contributed by atoms with Crippen LogP contribution in [0.2, 0.25) is 0 Å². The zero-order valence-electron chi connectivity index (χ0n) is 8.43. The van der Waals surface area contributed by atoms with E-state index in [2.05, 4.69) is 0 Å². The van der Waals surface area contributed by atoms with Gasteiger partial charge in [0.1, 0.15) is 0 Å². The molecule has 0 radical (unpaired) electrons. The summed E-state index contributed by atoms with van der Waals surface area (Å²) >= 11 is 0. The highest BCUT2D eigenvalue weighted by Gasteiger charge is 2.07. The van der Waals surface area contributed by atoms with Crippen molar-refractivity contribution in [3.63, 3.8) is 0 Å². The van der Waals surface area contributed by atoms with Gasteiger partial charge in [0, 0.05) is 5.69 Å². The first-order valence-corrected chi connectivity index (χ1v) is 4.93. The third-order valence-corrected chi connectivity index (χ3v) is 2.43. The van der Waals surface area contributed by atoms with Crippen LogP contribution in [0.1, 0.15) is 17.2 Å². The van der Waals surface area contributed by atoms with E-state index < -0.39 is 0 Å². The summed E-state index contributed by atoms with van der Waals surface area (Å²) in [4.78, 5) is 0. The highest BCUT2D eigenvalue weighted by molar-refractivity contribution is 5.44. The SMILES string of the molecule is Nc1cccc([C@@H](N)c2ccccc2)c1. The molecule has 0 aliphatic rings. The molecule has 0 unspecified atom stereocenters. The number of hydrogen-bond donors (Lipinski definition) is 2. The normalized spacial score (nSPS) is 12.3. The molecule has 2 rings (SSSR count). The monoisotopic (exact) mass is 198 g/mol. The van der Waals surface area contributed by atoms with Gasteiger partial charge >= 0.3 is 0 Å². The molecule has 2 aromatic carbocycles. The highest BCUT2D eigenvalue weighted by atomic mass is 14.6. The quantitative estimate of drug-likeness (QED) is 0.727. The summed E-state index contributed by atoms with van der Waals surface area (Å²) in [6.45, 7) is 0. The van der Waals surface area contributed by atoms with Crippen LogP contribution in [0, 0.1) is 0 Å². The van der Waals surface area contributed by atoms with Crippen molar-refractivity contribution in [2.75, 3.05) is 5.73 Å². The summed E-state index contributed by atoms with van der Waals surface area (Å²) in [5.74, 6) is 0. The number of nitrogen functional groups attached to an aromatic ring is 1. The van der Waals surface area contributed by atoms with Crippen LogP contribution in [0.15, 0.2) is 54.6 Å². The molecule has 0 aliphatic carbocycles. The van der Waals surface area contributed by atoms with Crippen molar-refractivity contribution in [1.82, 2.24) is 0 Å². The first kappa shape index (κ1) is 9.74. The molecule has 0 aliphatic heterocycles. The lowest BCUT2D eigenvalue weighted by Gasteiger charge is -2.12. The Morgan fingerprint density at radius 2 is 1.47 bits per heavy atom. The molecule has 0 spiro atoms. The summed E-state index contributed by atoms with van der Waals surface area (Å²) in [6.07, 6.45) is 0. The minimum Gasteiger partial charge on any atom is -0.399 e. The maximum Gasteiger partial charge on any atom is 0.0552 e. The third-order valence-electron chi connectivity index (χ3n) is 2.43. The van der Waals surface area contributed by atoms with Gasteiger partial charge in [0.05, 0.1) is 6.04 Å². The van der Waals surface area contributed by atoms with Crippen LogP contribution in [-0.2, 0) is 0 Å². The average Bonchev–Trinajstić information content (AvgIpc) is 2.29. The first-order chi connectivity index (χ1) is 7.27. The van der Waals surface area contributed by atoms with E-state index in [1.54, 1.807) is 0 Å². The van der Waals surface area contributed by atoms with E-state index in [0.717, 1.165) is 16.8 Å². The molecule has 76 valence electrons. The smallest absolute Gasteiger partial charge is 0.0552 e. The van der Waals surface area contributed by atoms with E-state index in [1.807, 2.05) is 54.6 Å². The van der Waals surface area contributed by atoms with E-state index >= 15 is 0 Å². The van der Waals surface area contributed by atoms with E-state index in [4.69, 9.17) is 11.5 Å². The molecule has 0 fully saturated rings. The largest absolute Gasteiger partial charge is 0.399 e. The van der Waals surface area contributed by atoms with Crippen molar-refractivity contribution in [2.24, 2.45) is 5.73 Å². The van der Waals surface area contributed by atoms with Crippen molar-refractivity contribution in [2.45, 2.75) is 6.04 Å². The molecule has 1 atom stereocenters. The third kappa shape index (κ3) is 2.17. The molecule has 0 saturated heterocycles. The van der Waals surface area contributed by atoms with Crippen LogP contribution in [0.5, 0.6) is 0 Å². The fourth-order valence-electron chi connectivity index (χ4n) is 1.61. The molecular formula is C13H14N2. The lowest BCUT2D eigenvalue weighted by atomic mass is 9.99. The molecule has 0 bridgehead atoms. The number of rotatable bonds is 2. The summed E-state index contributed by atoms with van der Waals surface area (Å²) in [5.41, 5.74) is 14.7. The van der Waals surface area contributed by atoms with E-state index in [1.165, 1.54) is 0 Å². The van der Waals surface area contributed by atoms with Gasteiger partial charge in [-0.05, 0) is 23.3 Å². The van der Waals surface area contributed by atoms with E-state index in [9.17, 15) is 0 Å². The Balaban J connectivity index is 2.32. The Morgan fingerprint density at radius 1 is 0.800 bits per heavy atom. The van der Waals surface area contributed by atoms with E-state index in [-0.39, 0.29) is 6.04 Å². The number of hydrogen-bond acceptors (Lipinski definition) is 2. The van der Waals surface area contributed by atoms with Gasteiger partial charge in [-0.15, -0.1) is 0 Å². The van der Waals surface area contributed by atoms with Crippen molar-refractivity contribution >= 4 is 5.69 Å². The van der Waals surface area contributed by atoms with Gasteiger partial charge in [-0.25, -0.2) is 0 Å². The molecule has 2 heteroatoms. The fourth-order valence-corrected chi connectivity index (χ4v) is 1.61. The second kappa shape index (κ2) is 4.15. The van der Waals surface area contributed by atoms with Crippen LogP contribution >= 0.6 is 0 Å². The van der Waals surface area contributed by atoms with Crippen molar-refractivity contribution in [3.05, 3.63) is 65.7 Å². The second-order valence-electron chi connectivity index (χ2n) is 3.56. The molecule has 4 N–H and O–H groups in total. The molecular weight excluding hydrogens is 184 g/mol. The predicted molar refractivity (Wildman–Crippen MR) is 63.3 cm³/mol.